The van der Waals surface area contributed by atoms with E-state index in [0.717, 1.165) is 11.3 Å². The largest absolute Gasteiger partial charge is 0.497 e. The molecule has 0 fully saturated rings. The summed E-state index contributed by atoms with van der Waals surface area (Å²) in [6.07, 6.45) is 2.68. The van der Waals surface area contributed by atoms with Crippen LogP contribution in [-0.2, 0) is 13.1 Å². The lowest BCUT2D eigenvalue weighted by Crippen LogP contribution is -2.49. The first-order valence-electron chi connectivity index (χ1n) is 9.51. The van der Waals surface area contributed by atoms with Crippen LogP contribution in [0.25, 0.3) is 0 Å². The number of nitrogens with one attached hydrogen (secondary N) is 2. The molecule has 3 rings (SSSR count). The molecule has 0 radical (unpaired) electrons. The van der Waals surface area contributed by atoms with E-state index in [4.69, 9.17) is 4.74 Å². The van der Waals surface area contributed by atoms with Crippen LogP contribution in [0.3, 0.4) is 0 Å². The number of amides is 1. The van der Waals surface area contributed by atoms with Crippen LogP contribution in [0.4, 0.5) is 0 Å². The van der Waals surface area contributed by atoms with Gasteiger partial charge in [0.05, 0.1) is 25.8 Å². The zero-order chi connectivity index (χ0) is 20.5. The number of hydrogen-bond acceptors (Lipinski definition) is 5. The lowest BCUT2D eigenvalue weighted by Gasteiger charge is -2.25. The highest BCUT2D eigenvalue weighted by molar-refractivity contribution is 5.94. The lowest BCUT2D eigenvalue weighted by atomic mass is 10.1. The second-order valence-electron chi connectivity index (χ2n) is 6.72. The molecule has 0 spiro atoms. The maximum absolute atomic E-state index is 12.6. The van der Waals surface area contributed by atoms with Gasteiger partial charge in [0.15, 0.2) is 0 Å². The van der Waals surface area contributed by atoms with Gasteiger partial charge in [0, 0.05) is 31.0 Å². The van der Waals surface area contributed by atoms with Crippen LogP contribution in [0.15, 0.2) is 73.1 Å². The van der Waals surface area contributed by atoms with Crippen LogP contribution in [0, 0.1) is 0 Å². The Morgan fingerprint density at radius 3 is 2.72 bits per heavy atom. The Hall–Kier alpha value is -3.16. The predicted octanol–water partition coefficient (Wildman–Crippen LogP) is 1.84. The summed E-state index contributed by atoms with van der Waals surface area (Å²) in [7, 11) is 1.63. The van der Waals surface area contributed by atoms with Crippen molar-refractivity contribution >= 4 is 5.91 Å². The summed E-state index contributed by atoms with van der Waals surface area (Å²) in [5, 5.41) is 21.1. The number of aliphatic hydroxyl groups is 1. The molecule has 3 aromatic rings. The van der Waals surface area contributed by atoms with E-state index in [1.54, 1.807) is 36.3 Å². The second kappa shape index (κ2) is 10.4. The highest BCUT2D eigenvalue weighted by atomic mass is 16.5. The van der Waals surface area contributed by atoms with Crippen LogP contribution in [0.1, 0.15) is 15.9 Å². The van der Waals surface area contributed by atoms with Crippen molar-refractivity contribution < 1.29 is 14.6 Å². The number of aliphatic hydroxyl groups excluding tert-OH is 1. The fourth-order valence-corrected chi connectivity index (χ4v) is 3.00. The third-order valence-corrected chi connectivity index (χ3v) is 4.58. The van der Waals surface area contributed by atoms with E-state index in [1.807, 2.05) is 48.5 Å². The molecule has 2 aromatic carbocycles. The van der Waals surface area contributed by atoms with Crippen LogP contribution >= 0.6 is 0 Å². The van der Waals surface area contributed by atoms with E-state index >= 15 is 0 Å². The molecular formula is C22H26N4O3. The quantitative estimate of drug-likeness (QED) is 0.488. The molecule has 0 aliphatic rings. The molecule has 7 nitrogen and oxygen atoms in total. The number of hydrogen-bond donors (Lipinski definition) is 3. The second-order valence-corrected chi connectivity index (χ2v) is 6.72. The van der Waals surface area contributed by atoms with Gasteiger partial charge in [-0.15, -0.1) is 0 Å². The van der Waals surface area contributed by atoms with Gasteiger partial charge in [-0.3, -0.25) is 9.48 Å². The predicted molar refractivity (Wildman–Crippen MR) is 111 cm³/mol. The first-order chi connectivity index (χ1) is 14.2. The summed E-state index contributed by atoms with van der Waals surface area (Å²) in [5.41, 5.74) is 1.60. The Labute approximate surface area is 170 Å². The number of nitrogens with zero attached hydrogens (tertiary/aromatic N) is 2. The molecule has 0 bridgehead atoms. The number of benzene rings is 2. The zero-order valence-corrected chi connectivity index (χ0v) is 16.4. The Morgan fingerprint density at radius 2 is 2.00 bits per heavy atom. The van der Waals surface area contributed by atoms with E-state index in [9.17, 15) is 9.90 Å². The highest BCUT2D eigenvalue weighted by Gasteiger charge is 2.22. The summed E-state index contributed by atoms with van der Waals surface area (Å²) in [5.74, 6) is 0.561. The summed E-state index contributed by atoms with van der Waals surface area (Å²) < 4.78 is 6.93. The van der Waals surface area contributed by atoms with Crippen LogP contribution < -0.4 is 15.4 Å². The molecule has 1 amide bonds. The Kier molecular flexibility index (Phi) is 7.38. The zero-order valence-electron chi connectivity index (χ0n) is 16.4. The lowest BCUT2D eigenvalue weighted by molar-refractivity contribution is 0.0800. The van der Waals surface area contributed by atoms with Gasteiger partial charge in [0.1, 0.15) is 5.75 Å². The highest BCUT2D eigenvalue weighted by Crippen LogP contribution is 2.12. The van der Waals surface area contributed by atoms with Gasteiger partial charge >= 0.3 is 0 Å². The Bertz CT molecular complexity index is 884. The number of rotatable bonds is 10. The third kappa shape index (κ3) is 6.17. The molecular weight excluding hydrogens is 368 g/mol. The Balaban J connectivity index is 1.60. The van der Waals surface area contributed by atoms with Gasteiger partial charge in [-0.25, -0.2) is 0 Å². The third-order valence-electron chi connectivity index (χ3n) is 4.58. The van der Waals surface area contributed by atoms with E-state index in [0.29, 0.717) is 25.2 Å². The minimum Gasteiger partial charge on any atom is -0.497 e. The van der Waals surface area contributed by atoms with Crippen molar-refractivity contribution in [3.63, 3.8) is 0 Å². The van der Waals surface area contributed by atoms with E-state index < -0.39 is 12.1 Å². The van der Waals surface area contributed by atoms with E-state index in [-0.39, 0.29) is 5.91 Å². The number of aromatic nitrogens is 2. The molecule has 0 aliphatic heterocycles. The average molecular weight is 394 g/mol. The van der Waals surface area contributed by atoms with Gasteiger partial charge in [0.25, 0.3) is 5.91 Å². The molecule has 0 aliphatic carbocycles. The fraction of sp³-hybridized carbons (Fsp3) is 0.273. The van der Waals surface area contributed by atoms with Crippen LogP contribution in [0.2, 0.25) is 0 Å². The molecule has 7 heteroatoms. The number of ether oxygens (including phenoxy) is 1. The van der Waals surface area contributed by atoms with Crippen molar-refractivity contribution in [2.24, 2.45) is 0 Å². The molecule has 152 valence electrons. The number of carbonyl (C=O) groups is 1. The monoisotopic (exact) mass is 394 g/mol. The first kappa shape index (κ1) is 20.6. The van der Waals surface area contributed by atoms with Crippen molar-refractivity contribution in [3.05, 3.63) is 84.2 Å². The summed E-state index contributed by atoms with van der Waals surface area (Å²) in [6.45, 7) is 1.27. The Morgan fingerprint density at radius 1 is 1.17 bits per heavy atom. The molecule has 1 heterocycles. The van der Waals surface area contributed by atoms with Crippen molar-refractivity contribution in [2.45, 2.75) is 25.2 Å². The molecule has 29 heavy (non-hydrogen) atoms. The van der Waals surface area contributed by atoms with Gasteiger partial charge in [-0.2, -0.15) is 5.10 Å². The minimum atomic E-state index is -0.794. The summed E-state index contributed by atoms with van der Waals surface area (Å²) in [4.78, 5) is 12.6. The molecule has 0 saturated carbocycles. The van der Waals surface area contributed by atoms with Gasteiger partial charge in [0.2, 0.25) is 0 Å². The van der Waals surface area contributed by atoms with Crippen molar-refractivity contribution in [2.75, 3.05) is 13.7 Å². The van der Waals surface area contributed by atoms with Gasteiger partial charge in [-0.1, -0.05) is 30.3 Å². The maximum Gasteiger partial charge on any atom is 0.251 e. The molecule has 2 atom stereocenters. The SMILES string of the molecule is COc1cccc(CNC[C@H](O)[C@H](Cn2cccn2)NC(=O)c2ccccc2)c1. The number of methoxy groups -OCH3 is 1. The van der Waals surface area contributed by atoms with Gasteiger partial charge in [-0.05, 0) is 35.9 Å². The standard InChI is InChI=1S/C22H26N4O3/c1-29-19-10-5-7-17(13-19)14-23-15-21(27)20(16-26-12-6-11-24-26)25-22(28)18-8-3-2-4-9-18/h2-13,20-21,23,27H,14-16H2,1H3,(H,25,28)/t20-,21-/m0/s1. The molecule has 0 unspecified atom stereocenters. The minimum absolute atomic E-state index is 0.227. The van der Waals surface area contributed by atoms with E-state index in [1.165, 1.54) is 0 Å². The molecule has 0 saturated heterocycles. The van der Waals surface area contributed by atoms with Crippen molar-refractivity contribution in [1.29, 1.82) is 0 Å². The van der Waals surface area contributed by atoms with Crippen molar-refractivity contribution in [1.82, 2.24) is 20.4 Å². The topological polar surface area (TPSA) is 88.4 Å². The van der Waals surface area contributed by atoms with Crippen LogP contribution in [-0.4, -0.2) is 46.6 Å². The average Bonchev–Trinajstić information content (AvgIpc) is 3.27. The molecule has 3 N–H and O–H groups in total. The normalized spacial score (nSPS) is 12.9. The van der Waals surface area contributed by atoms with Crippen LogP contribution in [0.5, 0.6) is 5.75 Å². The maximum atomic E-state index is 12.6. The van der Waals surface area contributed by atoms with Gasteiger partial charge < -0.3 is 20.5 Å². The summed E-state index contributed by atoms with van der Waals surface area (Å²) >= 11 is 0. The summed E-state index contributed by atoms with van der Waals surface area (Å²) in [6, 6.07) is 18.0. The number of carbonyl (C=O) groups excluding carboxylic acids is 1. The first-order valence-corrected chi connectivity index (χ1v) is 9.51. The smallest absolute Gasteiger partial charge is 0.251 e. The fourth-order valence-electron chi connectivity index (χ4n) is 3.00. The van der Waals surface area contributed by atoms with E-state index in [2.05, 4.69) is 15.7 Å². The van der Waals surface area contributed by atoms with Crippen molar-refractivity contribution in [3.8, 4) is 5.75 Å². The molecule has 1 aromatic heterocycles.